The first-order chi connectivity index (χ1) is 18.8. The number of hydrogen-bond donors (Lipinski definition) is 2. The number of nitriles is 1. The van der Waals surface area contributed by atoms with Gasteiger partial charge in [-0.2, -0.15) is 28.6 Å². The summed E-state index contributed by atoms with van der Waals surface area (Å²) >= 11 is 0. The number of nitrogens with one attached hydrogen (secondary N) is 2. The van der Waals surface area contributed by atoms with Crippen molar-refractivity contribution in [3.8, 4) is 28.5 Å². The molecule has 9 nitrogen and oxygen atoms in total. The summed E-state index contributed by atoms with van der Waals surface area (Å²) in [5.41, 5.74) is 4.70. The molecule has 12 heteroatoms. The zero-order valence-corrected chi connectivity index (χ0v) is 20.3. The fourth-order valence-electron chi connectivity index (χ4n) is 4.05. The van der Waals surface area contributed by atoms with E-state index in [-0.39, 0.29) is 5.92 Å². The summed E-state index contributed by atoms with van der Waals surface area (Å²) in [6.07, 6.45) is 2.35. The number of benzene rings is 2. The van der Waals surface area contributed by atoms with Gasteiger partial charge >= 0.3 is 12.2 Å². The number of urea groups is 1. The average molecular weight is 531 g/mol. The Morgan fingerprint density at radius 1 is 0.974 bits per heavy atom. The van der Waals surface area contributed by atoms with E-state index in [0.29, 0.717) is 29.1 Å². The van der Waals surface area contributed by atoms with Crippen LogP contribution in [0.4, 0.5) is 23.7 Å². The average Bonchev–Trinajstić information content (AvgIpc) is 3.58. The largest absolute Gasteiger partial charge is 0.405 e. The van der Waals surface area contributed by atoms with Crippen molar-refractivity contribution in [2.75, 3.05) is 11.9 Å². The number of aromatic nitrogens is 5. The van der Waals surface area contributed by atoms with Crippen LogP contribution in [0, 0.1) is 11.3 Å². The molecule has 0 saturated carbocycles. The maximum Gasteiger partial charge on any atom is 0.405 e. The highest BCUT2D eigenvalue weighted by atomic mass is 19.4. The zero-order chi connectivity index (χ0) is 27.4. The molecular formula is C27H21F3N8O. The van der Waals surface area contributed by atoms with Crippen molar-refractivity contribution >= 4 is 17.4 Å². The van der Waals surface area contributed by atoms with Crippen LogP contribution in [-0.4, -0.2) is 43.1 Å². The van der Waals surface area contributed by atoms with Crippen LogP contribution in [0.2, 0.25) is 0 Å². The highest BCUT2D eigenvalue weighted by Crippen LogP contribution is 2.26. The lowest BCUT2D eigenvalue weighted by atomic mass is 10.0. The van der Waals surface area contributed by atoms with Crippen molar-refractivity contribution in [2.45, 2.75) is 18.6 Å². The van der Waals surface area contributed by atoms with Crippen LogP contribution in [0.3, 0.4) is 0 Å². The molecule has 0 aliphatic heterocycles. The normalized spacial score (nSPS) is 12.2. The molecule has 0 aliphatic rings. The van der Waals surface area contributed by atoms with E-state index in [1.807, 2.05) is 42.6 Å². The number of imidazole rings is 1. The lowest BCUT2D eigenvalue weighted by molar-refractivity contribution is -0.122. The predicted molar refractivity (Wildman–Crippen MR) is 138 cm³/mol. The Morgan fingerprint density at radius 2 is 1.77 bits per heavy atom. The molecule has 0 fully saturated rings. The summed E-state index contributed by atoms with van der Waals surface area (Å²) in [7, 11) is 0. The van der Waals surface area contributed by atoms with Gasteiger partial charge in [0.1, 0.15) is 6.54 Å². The first-order valence-electron chi connectivity index (χ1n) is 11.8. The second kappa shape index (κ2) is 10.7. The number of nitrogens with zero attached hydrogens (tertiary/aromatic N) is 6. The molecule has 5 aromatic rings. The number of alkyl halides is 3. The number of carbonyl (C=O) groups excluding carboxylic acids is 1. The summed E-state index contributed by atoms with van der Waals surface area (Å²) in [5.74, 6) is -0.338. The molecule has 0 radical (unpaired) electrons. The fraction of sp³-hybridized carbons (Fsp3) is 0.148. The van der Waals surface area contributed by atoms with Crippen molar-refractivity contribution in [3.05, 3.63) is 91.0 Å². The molecular weight excluding hydrogens is 509 g/mol. The van der Waals surface area contributed by atoms with E-state index in [2.05, 4.69) is 26.6 Å². The molecule has 2 N–H and O–H groups in total. The van der Waals surface area contributed by atoms with Crippen molar-refractivity contribution < 1.29 is 18.0 Å². The van der Waals surface area contributed by atoms with Gasteiger partial charge in [-0.25, -0.2) is 14.3 Å². The van der Waals surface area contributed by atoms with Gasteiger partial charge in [0.25, 0.3) is 0 Å². The van der Waals surface area contributed by atoms with Crippen LogP contribution in [-0.2, 0) is 6.54 Å². The minimum absolute atomic E-state index is 0.317. The third-order valence-corrected chi connectivity index (χ3v) is 5.92. The van der Waals surface area contributed by atoms with Gasteiger partial charge in [0.2, 0.25) is 0 Å². The summed E-state index contributed by atoms with van der Waals surface area (Å²) in [4.78, 5) is 16.3. The Labute approximate surface area is 220 Å². The van der Waals surface area contributed by atoms with Crippen LogP contribution in [0.1, 0.15) is 11.5 Å². The molecule has 0 spiro atoms. The smallest absolute Gasteiger partial charge is 0.329 e. The zero-order valence-electron chi connectivity index (χ0n) is 20.3. The molecule has 3 aromatic heterocycles. The molecule has 39 heavy (non-hydrogen) atoms. The molecule has 0 aliphatic carbocycles. The summed E-state index contributed by atoms with van der Waals surface area (Å²) < 4.78 is 40.4. The van der Waals surface area contributed by atoms with E-state index < -0.39 is 18.8 Å². The molecule has 0 bridgehead atoms. The summed E-state index contributed by atoms with van der Waals surface area (Å²) in [6, 6.07) is 19.4. The fourth-order valence-corrected chi connectivity index (χ4v) is 4.05. The first-order valence-corrected chi connectivity index (χ1v) is 11.8. The van der Waals surface area contributed by atoms with E-state index >= 15 is 0 Å². The minimum atomic E-state index is -4.50. The minimum Gasteiger partial charge on any atom is -0.329 e. The summed E-state index contributed by atoms with van der Waals surface area (Å²) in [6.45, 7) is -1.02. The third kappa shape index (κ3) is 6.04. The quantitative estimate of drug-likeness (QED) is 0.298. The highest BCUT2D eigenvalue weighted by molar-refractivity contribution is 5.90. The van der Waals surface area contributed by atoms with E-state index in [0.717, 1.165) is 16.7 Å². The maximum atomic E-state index is 12.3. The van der Waals surface area contributed by atoms with Gasteiger partial charge in [-0.3, -0.25) is 4.68 Å². The SMILES string of the molecule is N#CC(Cn1cc(-c2cnn3c(-c4cccc(NC(=O)NCC(F)(F)F)c4)cnc3c2)cn1)c1ccccc1. The Bertz CT molecular complexity index is 1650. The molecule has 2 amide bonds. The second-order valence-corrected chi connectivity index (χ2v) is 8.70. The number of anilines is 1. The van der Waals surface area contributed by atoms with E-state index in [9.17, 15) is 23.2 Å². The molecule has 3 heterocycles. The third-order valence-electron chi connectivity index (χ3n) is 5.92. The maximum absolute atomic E-state index is 12.3. The molecule has 0 saturated heterocycles. The van der Waals surface area contributed by atoms with Gasteiger partial charge in [-0.1, -0.05) is 42.5 Å². The van der Waals surface area contributed by atoms with Crippen LogP contribution < -0.4 is 10.6 Å². The van der Waals surface area contributed by atoms with Gasteiger partial charge in [-0.05, 0) is 23.8 Å². The van der Waals surface area contributed by atoms with E-state index in [1.54, 1.807) is 57.4 Å². The van der Waals surface area contributed by atoms with Crippen molar-refractivity contribution in [1.29, 1.82) is 5.26 Å². The van der Waals surface area contributed by atoms with E-state index in [1.165, 1.54) is 0 Å². The van der Waals surface area contributed by atoms with Crippen LogP contribution in [0.25, 0.3) is 28.0 Å². The van der Waals surface area contributed by atoms with Crippen molar-refractivity contribution in [3.63, 3.8) is 0 Å². The Balaban J connectivity index is 1.32. The Morgan fingerprint density at radius 3 is 2.54 bits per heavy atom. The molecule has 196 valence electrons. The van der Waals surface area contributed by atoms with Gasteiger partial charge in [-0.15, -0.1) is 0 Å². The number of rotatable bonds is 7. The van der Waals surface area contributed by atoms with Gasteiger partial charge in [0.15, 0.2) is 5.65 Å². The topological polar surface area (TPSA) is 113 Å². The first kappa shape index (κ1) is 25.5. The predicted octanol–water partition coefficient (Wildman–Crippen LogP) is 5.25. The van der Waals surface area contributed by atoms with Crippen molar-refractivity contribution in [2.24, 2.45) is 0 Å². The lowest BCUT2D eigenvalue weighted by Crippen LogP contribution is -2.36. The standard InChI is InChI=1S/C27H21F3N8O/c28-27(29,30)17-33-26(39)36-23-8-4-7-19(9-23)24-14-32-25-10-20(12-35-38(24)25)22-13-34-37(16-22)15-21(11-31)18-5-2-1-3-6-18/h1-10,12-14,16,21H,15,17H2,(H2,33,36,39). The number of hydrogen-bond acceptors (Lipinski definition) is 5. The van der Waals surface area contributed by atoms with Gasteiger partial charge in [0.05, 0.1) is 42.8 Å². The number of carbonyl (C=O) groups is 1. The number of halogens is 3. The van der Waals surface area contributed by atoms with E-state index in [4.69, 9.17) is 0 Å². The molecule has 5 rings (SSSR count). The Kier molecular flexibility index (Phi) is 6.96. The molecule has 1 unspecified atom stereocenters. The van der Waals surface area contributed by atoms with Gasteiger partial charge in [0, 0.05) is 28.6 Å². The van der Waals surface area contributed by atoms with Crippen LogP contribution in [0.15, 0.2) is 85.5 Å². The van der Waals surface area contributed by atoms with Crippen LogP contribution >= 0.6 is 0 Å². The Hall–Kier alpha value is -5.18. The lowest BCUT2D eigenvalue weighted by Gasteiger charge is -2.10. The molecule has 2 aromatic carbocycles. The summed E-state index contributed by atoms with van der Waals surface area (Å²) in [5, 5.41) is 22.7. The van der Waals surface area contributed by atoms with Crippen LogP contribution in [0.5, 0.6) is 0 Å². The number of amides is 2. The van der Waals surface area contributed by atoms with Gasteiger partial charge < -0.3 is 10.6 Å². The second-order valence-electron chi connectivity index (χ2n) is 8.70. The highest BCUT2D eigenvalue weighted by Gasteiger charge is 2.27. The monoisotopic (exact) mass is 530 g/mol. The molecule has 1 atom stereocenters. The van der Waals surface area contributed by atoms with Crippen molar-refractivity contribution in [1.82, 2.24) is 29.7 Å². The number of fused-ring (bicyclic) bond motifs is 1.